The number of amides is 1. The summed E-state index contributed by atoms with van der Waals surface area (Å²) < 4.78 is 7.19. The average molecular weight is 435 g/mol. The van der Waals surface area contributed by atoms with Crippen molar-refractivity contribution in [3.05, 3.63) is 75.3 Å². The summed E-state index contributed by atoms with van der Waals surface area (Å²) in [5.41, 5.74) is 3.96. The van der Waals surface area contributed by atoms with Crippen LogP contribution in [0.15, 0.2) is 47.0 Å². The smallest absolute Gasteiger partial charge is 0.269 e. The van der Waals surface area contributed by atoms with Crippen LogP contribution in [0.4, 0.5) is 11.4 Å². The number of aromatic nitrogens is 2. The van der Waals surface area contributed by atoms with Crippen molar-refractivity contribution < 1.29 is 14.2 Å². The Balaban J connectivity index is 1.38. The first kappa shape index (κ1) is 21.4. The van der Waals surface area contributed by atoms with Gasteiger partial charge in [-0.05, 0) is 50.6 Å². The first-order valence-electron chi connectivity index (χ1n) is 10.4. The maximum atomic E-state index is 12.7. The molecule has 0 aliphatic carbocycles. The Kier molecular flexibility index (Phi) is 5.81. The fourth-order valence-corrected chi connectivity index (χ4v) is 4.00. The predicted molar refractivity (Wildman–Crippen MR) is 121 cm³/mol. The summed E-state index contributed by atoms with van der Waals surface area (Å²) in [7, 11) is 0. The van der Waals surface area contributed by atoms with Gasteiger partial charge in [0.05, 0.1) is 4.92 Å². The third-order valence-corrected chi connectivity index (χ3v) is 5.74. The van der Waals surface area contributed by atoms with Gasteiger partial charge < -0.3 is 14.3 Å². The number of anilines is 1. The Morgan fingerprint density at radius 3 is 2.38 bits per heavy atom. The number of rotatable bonds is 5. The van der Waals surface area contributed by atoms with E-state index in [2.05, 4.69) is 10.1 Å². The lowest BCUT2D eigenvalue weighted by molar-refractivity contribution is -0.384. The van der Waals surface area contributed by atoms with Crippen LogP contribution < -0.4 is 4.90 Å². The molecule has 0 unspecified atom stereocenters. The van der Waals surface area contributed by atoms with Gasteiger partial charge in [0.15, 0.2) is 5.82 Å². The fraction of sp³-hybridized carbons (Fsp3) is 0.304. The van der Waals surface area contributed by atoms with Crippen molar-refractivity contribution in [2.45, 2.75) is 20.8 Å². The van der Waals surface area contributed by atoms with Crippen molar-refractivity contribution in [1.29, 1.82) is 0 Å². The molecular formula is C23H25N5O4. The van der Waals surface area contributed by atoms with Crippen LogP contribution in [0.1, 0.15) is 22.7 Å². The van der Waals surface area contributed by atoms with Gasteiger partial charge in [-0.3, -0.25) is 19.5 Å². The molecule has 166 valence electrons. The molecule has 9 nitrogen and oxygen atoms in total. The third kappa shape index (κ3) is 4.27. The maximum Gasteiger partial charge on any atom is 0.269 e. The number of carbonyl (C=O) groups excluding carboxylic acids is 1. The van der Waals surface area contributed by atoms with Crippen LogP contribution in [0.5, 0.6) is 0 Å². The van der Waals surface area contributed by atoms with Crippen molar-refractivity contribution in [2.75, 3.05) is 31.1 Å². The van der Waals surface area contributed by atoms with E-state index in [0.29, 0.717) is 26.2 Å². The molecule has 9 heteroatoms. The molecule has 0 saturated carbocycles. The first-order chi connectivity index (χ1) is 15.3. The van der Waals surface area contributed by atoms with E-state index in [1.165, 1.54) is 12.1 Å². The van der Waals surface area contributed by atoms with Crippen molar-refractivity contribution in [1.82, 2.24) is 14.6 Å². The van der Waals surface area contributed by atoms with E-state index in [9.17, 15) is 14.9 Å². The maximum absolute atomic E-state index is 12.7. The van der Waals surface area contributed by atoms with Crippen LogP contribution in [0.25, 0.3) is 11.9 Å². The highest BCUT2D eigenvalue weighted by atomic mass is 16.6. The van der Waals surface area contributed by atoms with Crippen molar-refractivity contribution in [3.8, 4) is 5.82 Å². The van der Waals surface area contributed by atoms with Crippen LogP contribution >= 0.6 is 0 Å². The van der Waals surface area contributed by atoms with Crippen molar-refractivity contribution >= 4 is 23.4 Å². The predicted octanol–water partition coefficient (Wildman–Crippen LogP) is 3.66. The number of non-ortho nitro benzene ring substituents is 1. The molecule has 32 heavy (non-hydrogen) atoms. The molecule has 0 N–H and O–H groups in total. The lowest BCUT2D eigenvalue weighted by Crippen LogP contribution is -2.48. The summed E-state index contributed by atoms with van der Waals surface area (Å²) in [6.45, 7) is 8.38. The quantitative estimate of drug-likeness (QED) is 0.345. The van der Waals surface area contributed by atoms with E-state index >= 15 is 0 Å². The molecule has 1 aromatic carbocycles. The zero-order valence-electron chi connectivity index (χ0n) is 18.3. The van der Waals surface area contributed by atoms with E-state index in [1.807, 2.05) is 48.4 Å². The SMILES string of the molecule is Cc1cc(-n2c(C)cc(/C=C/C(=O)N3CCN(c4ccc([N+](=O)[O-])cc4)CC3)c2C)no1. The Labute approximate surface area is 185 Å². The number of nitro benzene ring substituents is 1. The third-order valence-electron chi connectivity index (χ3n) is 5.74. The summed E-state index contributed by atoms with van der Waals surface area (Å²) in [6.07, 6.45) is 3.46. The lowest BCUT2D eigenvalue weighted by atomic mass is 10.2. The Bertz CT molecular complexity index is 1170. The molecule has 0 radical (unpaired) electrons. The van der Waals surface area contributed by atoms with E-state index in [4.69, 9.17) is 4.52 Å². The molecular weight excluding hydrogens is 410 g/mol. The molecule has 1 aliphatic heterocycles. The summed E-state index contributed by atoms with van der Waals surface area (Å²) in [5, 5.41) is 14.9. The number of hydrogen-bond donors (Lipinski definition) is 0. The van der Waals surface area contributed by atoms with Gasteiger partial charge in [0.25, 0.3) is 5.69 Å². The van der Waals surface area contributed by atoms with E-state index in [1.54, 1.807) is 18.2 Å². The molecule has 0 spiro atoms. The summed E-state index contributed by atoms with van der Waals surface area (Å²) in [5.74, 6) is 1.44. The highest BCUT2D eigenvalue weighted by molar-refractivity contribution is 5.92. The highest BCUT2D eigenvalue weighted by Crippen LogP contribution is 2.23. The van der Waals surface area contributed by atoms with Crippen LogP contribution in [0, 0.1) is 30.9 Å². The van der Waals surface area contributed by atoms with Crippen LogP contribution in [0.2, 0.25) is 0 Å². The largest absolute Gasteiger partial charge is 0.368 e. The molecule has 2 aromatic heterocycles. The number of nitro groups is 1. The van der Waals surface area contributed by atoms with Crippen LogP contribution in [-0.2, 0) is 4.79 Å². The number of piperazine rings is 1. The zero-order valence-corrected chi connectivity index (χ0v) is 18.3. The lowest BCUT2D eigenvalue weighted by Gasteiger charge is -2.35. The Hall–Kier alpha value is -3.88. The Morgan fingerprint density at radius 2 is 1.78 bits per heavy atom. The van der Waals surface area contributed by atoms with E-state index < -0.39 is 4.92 Å². The minimum atomic E-state index is -0.406. The van der Waals surface area contributed by atoms with Gasteiger partial charge in [0.2, 0.25) is 5.91 Å². The van der Waals surface area contributed by atoms with Gasteiger partial charge in [-0.15, -0.1) is 0 Å². The zero-order chi connectivity index (χ0) is 22.8. The summed E-state index contributed by atoms with van der Waals surface area (Å²) >= 11 is 0. The topological polar surface area (TPSA) is 97.7 Å². The molecule has 3 heterocycles. The fourth-order valence-electron chi connectivity index (χ4n) is 4.00. The highest BCUT2D eigenvalue weighted by Gasteiger charge is 2.20. The molecule has 1 aliphatic rings. The number of carbonyl (C=O) groups is 1. The molecule has 1 amide bonds. The second-order valence-electron chi connectivity index (χ2n) is 7.88. The molecule has 0 bridgehead atoms. The Morgan fingerprint density at radius 1 is 1.09 bits per heavy atom. The van der Waals surface area contributed by atoms with Gasteiger partial charge in [0.1, 0.15) is 5.76 Å². The average Bonchev–Trinajstić information content (AvgIpc) is 3.33. The second-order valence-corrected chi connectivity index (χ2v) is 7.88. The molecule has 1 fully saturated rings. The molecule has 4 rings (SSSR count). The molecule has 0 atom stereocenters. The van der Waals surface area contributed by atoms with Crippen LogP contribution in [-0.4, -0.2) is 51.6 Å². The van der Waals surface area contributed by atoms with Crippen LogP contribution in [0.3, 0.4) is 0 Å². The first-order valence-corrected chi connectivity index (χ1v) is 10.4. The van der Waals surface area contributed by atoms with E-state index in [0.717, 1.165) is 34.2 Å². The summed E-state index contributed by atoms with van der Waals surface area (Å²) in [6, 6.07) is 10.4. The monoisotopic (exact) mass is 435 g/mol. The molecule has 3 aromatic rings. The van der Waals surface area contributed by atoms with E-state index in [-0.39, 0.29) is 11.6 Å². The second kappa shape index (κ2) is 8.70. The van der Waals surface area contributed by atoms with Gasteiger partial charge in [-0.1, -0.05) is 5.16 Å². The van der Waals surface area contributed by atoms with Crippen molar-refractivity contribution in [3.63, 3.8) is 0 Å². The number of aryl methyl sites for hydroxylation is 2. The minimum Gasteiger partial charge on any atom is -0.368 e. The minimum absolute atomic E-state index is 0.0320. The van der Waals surface area contributed by atoms with Gasteiger partial charge in [-0.2, -0.15) is 0 Å². The van der Waals surface area contributed by atoms with Gasteiger partial charge >= 0.3 is 0 Å². The number of benzene rings is 1. The number of hydrogen-bond acceptors (Lipinski definition) is 6. The standard InChI is InChI=1S/C23H25N5O4/c1-16-14-19(18(3)27(16)22-15-17(2)32-24-22)4-9-23(29)26-12-10-25(11-13-26)20-5-7-21(8-6-20)28(30)31/h4-9,14-15H,10-13H2,1-3H3/b9-4+. The van der Waals surface area contributed by atoms with Gasteiger partial charge in [-0.25, -0.2) is 0 Å². The van der Waals surface area contributed by atoms with Gasteiger partial charge in [0, 0.05) is 67.5 Å². The number of nitrogens with zero attached hydrogens (tertiary/aromatic N) is 5. The molecule has 1 saturated heterocycles. The van der Waals surface area contributed by atoms with Crippen molar-refractivity contribution in [2.24, 2.45) is 0 Å². The normalized spacial score (nSPS) is 14.3. The summed E-state index contributed by atoms with van der Waals surface area (Å²) in [4.78, 5) is 27.1.